The molecule has 0 saturated heterocycles. The average Bonchev–Trinajstić information content (AvgIpc) is 2.12. The molecule has 0 bridgehead atoms. The Morgan fingerprint density at radius 1 is 1.08 bits per heavy atom. The van der Waals surface area contributed by atoms with Crippen molar-refractivity contribution in [2.45, 2.75) is 33.1 Å². The molecule has 0 fully saturated rings. The predicted molar refractivity (Wildman–Crippen MR) is 57.9 cm³/mol. The molecule has 1 heteroatoms. The lowest BCUT2D eigenvalue weighted by Gasteiger charge is -2.04. The molecule has 1 nitrogen and oxygen atoms in total. The fourth-order valence-electron chi connectivity index (χ4n) is 1.43. The van der Waals surface area contributed by atoms with E-state index in [0.29, 0.717) is 0 Å². The van der Waals surface area contributed by atoms with Crippen LogP contribution < -0.4 is 5.73 Å². The molecule has 0 saturated carbocycles. The van der Waals surface area contributed by atoms with E-state index >= 15 is 0 Å². The third-order valence-corrected chi connectivity index (χ3v) is 2.49. The molecule has 0 aliphatic carbocycles. The van der Waals surface area contributed by atoms with E-state index in [9.17, 15) is 0 Å². The van der Waals surface area contributed by atoms with Crippen molar-refractivity contribution >= 4 is 0 Å². The fourth-order valence-corrected chi connectivity index (χ4v) is 1.43. The van der Waals surface area contributed by atoms with Gasteiger partial charge in [0.05, 0.1) is 0 Å². The minimum Gasteiger partial charge on any atom is -0.330 e. The average molecular weight is 177 g/mol. The van der Waals surface area contributed by atoms with Gasteiger partial charge in [-0.15, -0.1) is 0 Å². The van der Waals surface area contributed by atoms with Gasteiger partial charge in [0, 0.05) is 0 Å². The summed E-state index contributed by atoms with van der Waals surface area (Å²) >= 11 is 0. The van der Waals surface area contributed by atoms with Crippen molar-refractivity contribution < 1.29 is 0 Å². The molecule has 1 rings (SSSR count). The number of aryl methyl sites for hydroxylation is 3. The van der Waals surface area contributed by atoms with Crippen molar-refractivity contribution in [3.05, 3.63) is 34.9 Å². The van der Waals surface area contributed by atoms with Gasteiger partial charge < -0.3 is 5.73 Å². The SMILES string of the molecule is Cc1ccc(CCCCN)cc1C. The predicted octanol–water partition coefficient (Wildman–Crippen LogP) is 2.58. The Hall–Kier alpha value is -0.820. The Morgan fingerprint density at radius 2 is 1.85 bits per heavy atom. The van der Waals surface area contributed by atoms with Crippen LogP contribution in [-0.2, 0) is 6.42 Å². The van der Waals surface area contributed by atoms with Crippen LogP contribution in [0.25, 0.3) is 0 Å². The van der Waals surface area contributed by atoms with Crippen LogP contribution in [0.5, 0.6) is 0 Å². The van der Waals surface area contributed by atoms with E-state index in [0.717, 1.165) is 13.0 Å². The van der Waals surface area contributed by atoms with E-state index in [1.54, 1.807) is 0 Å². The highest BCUT2D eigenvalue weighted by atomic mass is 14.5. The summed E-state index contributed by atoms with van der Waals surface area (Å²) in [4.78, 5) is 0. The van der Waals surface area contributed by atoms with Crippen molar-refractivity contribution in [1.82, 2.24) is 0 Å². The first-order chi connectivity index (χ1) is 6.24. The van der Waals surface area contributed by atoms with E-state index in [2.05, 4.69) is 32.0 Å². The minimum absolute atomic E-state index is 0.810. The standard InChI is InChI=1S/C12H19N/c1-10-6-7-12(9-11(10)2)5-3-4-8-13/h6-7,9H,3-5,8,13H2,1-2H3. The third-order valence-electron chi connectivity index (χ3n) is 2.49. The molecular formula is C12H19N. The summed E-state index contributed by atoms with van der Waals surface area (Å²) in [6.45, 7) is 5.13. The number of nitrogens with two attached hydrogens (primary N) is 1. The maximum Gasteiger partial charge on any atom is -0.00772 e. The molecule has 0 aliphatic heterocycles. The first-order valence-electron chi connectivity index (χ1n) is 5.00. The van der Waals surface area contributed by atoms with Gasteiger partial charge in [-0.2, -0.15) is 0 Å². The molecule has 72 valence electrons. The monoisotopic (exact) mass is 177 g/mol. The second-order valence-electron chi connectivity index (χ2n) is 3.66. The molecule has 0 atom stereocenters. The lowest BCUT2D eigenvalue weighted by molar-refractivity contribution is 0.744. The molecule has 0 amide bonds. The topological polar surface area (TPSA) is 26.0 Å². The molecule has 0 heterocycles. The molecule has 0 aromatic heterocycles. The third kappa shape index (κ3) is 3.19. The Morgan fingerprint density at radius 3 is 2.46 bits per heavy atom. The summed E-state index contributed by atoms with van der Waals surface area (Å²) in [5.74, 6) is 0. The number of rotatable bonds is 4. The zero-order chi connectivity index (χ0) is 9.68. The van der Waals surface area contributed by atoms with Crippen LogP contribution in [-0.4, -0.2) is 6.54 Å². The maximum absolute atomic E-state index is 5.45. The zero-order valence-electron chi connectivity index (χ0n) is 8.64. The highest BCUT2D eigenvalue weighted by Gasteiger charge is 1.95. The summed E-state index contributed by atoms with van der Waals surface area (Å²) in [6.07, 6.45) is 3.50. The Kier molecular flexibility index (Phi) is 3.97. The van der Waals surface area contributed by atoms with Crippen LogP contribution >= 0.6 is 0 Å². The lowest BCUT2D eigenvalue weighted by Crippen LogP contribution is -1.99. The Bertz CT molecular complexity index is 266. The van der Waals surface area contributed by atoms with Crippen LogP contribution in [0.15, 0.2) is 18.2 Å². The van der Waals surface area contributed by atoms with Crippen molar-refractivity contribution in [2.24, 2.45) is 5.73 Å². The largest absolute Gasteiger partial charge is 0.330 e. The minimum atomic E-state index is 0.810. The van der Waals surface area contributed by atoms with Crippen LogP contribution in [0.4, 0.5) is 0 Å². The van der Waals surface area contributed by atoms with E-state index in [1.165, 1.54) is 29.5 Å². The van der Waals surface area contributed by atoms with Gasteiger partial charge >= 0.3 is 0 Å². The highest BCUT2D eigenvalue weighted by molar-refractivity contribution is 5.29. The van der Waals surface area contributed by atoms with Gasteiger partial charge in [-0.1, -0.05) is 18.2 Å². The second-order valence-corrected chi connectivity index (χ2v) is 3.66. The van der Waals surface area contributed by atoms with Gasteiger partial charge in [0.2, 0.25) is 0 Å². The Labute approximate surface area is 81.0 Å². The molecular weight excluding hydrogens is 158 g/mol. The molecule has 0 spiro atoms. The van der Waals surface area contributed by atoms with Crippen LogP contribution in [0.1, 0.15) is 29.5 Å². The smallest absolute Gasteiger partial charge is 0.00772 e. The number of hydrogen-bond acceptors (Lipinski definition) is 1. The van der Waals surface area contributed by atoms with Crippen molar-refractivity contribution in [3.63, 3.8) is 0 Å². The summed E-state index contributed by atoms with van der Waals surface area (Å²) in [5.41, 5.74) is 9.66. The van der Waals surface area contributed by atoms with E-state index in [1.807, 2.05) is 0 Å². The first kappa shape index (κ1) is 10.3. The van der Waals surface area contributed by atoms with Gasteiger partial charge in [-0.25, -0.2) is 0 Å². The molecule has 13 heavy (non-hydrogen) atoms. The molecule has 1 aromatic rings. The first-order valence-corrected chi connectivity index (χ1v) is 5.00. The normalized spacial score (nSPS) is 10.4. The highest BCUT2D eigenvalue weighted by Crippen LogP contribution is 2.11. The lowest BCUT2D eigenvalue weighted by atomic mass is 10.0. The second kappa shape index (κ2) is 5.03. The number of hydrogen-bond donors (Lipinski definition) is 1. The van der Waals surface area contributed by atoms with E-state index < -0.39 is 0 Å². The van der Waals surface area contributed by atoms with Crippen LogP contribution in [0.3, 0.4) is 0 Å². The summed E-state index contributed by atoms with van der Waals surface area (Å²) in [7, 11) is 0. The van der Waals surface area contributed by atoms with Gasteiger partial charge in [0.25, 0.3) is 0 Å². The van der Waals surface area contributed by atoms with Gasteiger partial charge in [-0.3, -0.25) is 0 Å². The van der Waals surface area contributed by atoms with Crippen molar-refractivity contribution in [2.75, 3.05) is 6.54 Å². The van der Waals surface area contributed by atoms with Crippen molar-refractivity contribution in [1.29, 1.82) is 0 Å². The zero-order valence-corrected chi connectivity index (χ0v) is 8.64. The summed E-state index contributed by atoms with van der Waals surface area (Å²) < 4.78 is 0. The van der Waals surface area contributed by atoms with Gasteiger partial charge in [0.15, 0.2) is 0 Å². The van der Waals surface area contributed by atoms with E-state index in [-0.39, 0.29) is 0 Å². The molecule has 0 unspecified atom stereocenters. The number of benzene rings is 1. The number of unbranched alkanes of at least 4 members (excludes halogenated alkanes) is 1. The van der Waals surface area contributed by atoms with E-state index in [4.69, 9.17) is 5.73 Å². The molecule has 0 radical (unpaired) electrons. The molecule has 2 N–H and O–H groups in total. The molecule has 1 aromatic carbocycles. The molecule has 0 aliphatic rings. The van der Waals surface area contributed by atoms with Gasteiger partial charge in [0.1, 0.15) is 0 Å². The van der Waals surface area contributed by atoms with Crippen LogP contribution in [0, 0.1) is 13.8 Å². The summed E-state index contributed by atoms with van der Waals surface area (Å²) in [5, 5.41) is 0. The van der Waals surface area contributed by atoms with Crippen LogP contribution in [0.2, 0.25) is 0 Å². The van der Waals surface area contributed by atoms with Crippen molar-refractivity contribution in [3.8, 4) is 0 Å². The van der Waals surface area contributed by atoms with Gasteiger partial charge in [-0.05, 0) is 56.3 Å². The Balaban J connectivity index is 2.53. The fraction of sp³-hybridized carbons (Fsp3) is 0.500. The summed E-state index contributed by atoms with van der Waals surface area (Å²) in [6, 6.07) is 6.71. The quantitative estimate of drug-likeness (QED) is 0.703. The maximum atomic E-state index is 5.45.